The van der Waals surface area contributed by atoms with E-state index < -0.39 is 17.7 Å². The molecular formula is C21H28F3N3O2. The molecule has 3 rings (SSSR count). The van der Waals surface area contributed by atoms with Crippen molar-refractivity contribution < 1.29 is 23.1 Å². The van der Waals surface area contributed by atoms with Gasteiger partial charge in [-0.2, -0.15) is 18.3 Å². The van der Waals surface area contributed by atoms with E-state index in [4.69, 9.17) is 0 Å². The molecule has 3 atom stereocenters. The van der Waals surface area contributed by atoms with Crippen LogP contribution in [0, 0.1) is 11.8 Å². The normalized spacial score (nSPS) is 20.8. The number of alkyl halides is 3. The Bertz CT molecular complexity index is 878. The van der Waals surface area contributed by atoms with Crippen LogP contribution in [0.4, 0.5) is 13.2 Å². The van der Waals surface area contributed by atoms with Gasteiger partial charge in [0.15, 0.2) is 0 Å². The SMILES string of the molecule is CCC(CCN(C)CC1CC[C@H]1C(=O)O)c1nn(C)c2c(C(F)(F)F)cccc12. The molecule has 2 unspecified atom stereocenters. The lowest BCUT2D eigenvalue weighted by Gasteiger charge is -2.36. The number of nitrogens with zero attached hydrogens (tertiary/aromatic N) is 3. The van der Waals surface area contributed by atoms with Crippen molar-refractivity contribution in [1.82, 2.24) is 14.7 Å². The highest BCUT2D eigenvalue weighted by molar-refractivity contribution is 5.86. The van der Waals surface area contributed by atoms with E-state index in [-0.39, 0.29) is 23.3 Å². The van der Waals surface area contributed by atoms with Gasteiger partial charge >= 0.3 is 12.1 Å². The number of halogens is 3. The predicted octanol–water partition coefficient (Wildman–Crippen LogP) is 4.52. The number of carboxylic acid groups (broad SMARTS) is 1. The van der Waals surface area contributed by atoms with Crippen LogP contribution in [-0.2, 0) is 18.0 Å². The Morgan fingerprint density at radius 3 is 2.66 bits per heavy atom. The zero-order valence-electron chi connectivity index (χ0n) is 17.0. The molecule has 1 aromatic carbocycles. The highest BCUT2D eigenvalue weighted by Crippen LogP contribution is 2.38. The van der Waals surface area contributed by atoms with Crippen LogP contribution in [0.15, 0.2) is 18.2 Å². The highest BCUT2D eigenvalue weighted by atomic mass is 19.4. The summed E-state index contributed by atoms with van der Waals surface area (Å²) in [5, 5.41) is 14.2. The van der Waals surface area contributed by atoms with E-state index >= 15 is 0 Å². The van der Waals surface area contributed by atoms with Crippen LogP contribution in [0.1, 0.15) is 49.8 Å². The van der Waals surface area contributed by atoms with E-state index in [1.54, 1.807) is 13.1 Å². The minimum atomic E-state index is -4.42. The third-order valence-corrected chi connectivity index (χ3v) is 6.22. The third-order valence-electron chi connectivity index (χ3n) is 6.22. The summed E-state index contributed by atoms with van der Waals surface area (Å²) in [6, 6.07) is 4.25. The highest BCUT2D eigenvalue weighted by Gasteiger charge is 2.37. The van der Waals surface area contributed by atoms with Gasteiger partial charge in [-0.25, -0.2) is 0 Å². The minimum absolute atomic E-state index is 0.0429. The molecule has 1 N–H and O–H groups in total. The Morgan fingerprint density at radius 2 is 2.10 bits per heavy atom. The Balaban J connectivity index is 1.73. The lowest BCUT2D eigenvalue weighted by Crippen LogP contribution is -2.40. The van der Waals surface area contributed by atoms with E-state index in [9.17, 15) is 23.1 Å². The van der Waals surface area contributed by atoms with Crippen LogP contribution in [0.25, 0.3) is 10.9 Å². The number of hydrogen-bond donors (Lipinski definition) is 1. The van der Waals surface area contributed by atoms with Gasteiger partial charge in [-0.3, -0.25) is 9.48 Å². The summed E-state index contributed by atoms with van der Waals surface area (Å²) in [6.07, 6.45) is -1.20. The molecular weight excluding hydrogens is 383 g/mol. The van der Waals surface area contributed by atoms with Gasteiger partial charge in [-0.05, 0) is 51.3 Å². The van der Waals surface area contributed by atoms with Gasteiger partial charge in [0.1, 0.15) is 0 Å². The topological polar surface area (TPSA) is 58.4 Å². The Kier molecular flexibility index (Phi) is 6.22. The summed E-state index contributed by atoms with van der Waals surface area (Å²) in [7, 11) is 3.53. The monoisotopic (exact) mass is 411 g/mol. The molecule has 160 valence electrons. The van der Waals surface area contributed by atoms with Crippen molar-refractivity contribution in [3.8, 4) is 0 Å². The standard InChI is InChI=1S/C21H28F3N3O2/c1-4-13(10-11-26(2)12-14-8-9-15(14)20(28)29)18-16-6-5-7-17(21(22,23)24)19(16)27(3)25-18/h5-7,13-15H,4,8-12H2,1-3H3,(H,28,29)/t13?,14?,15-/m1/s1. The molecule has 1 aromatic heterocycles. The van der Waals surface area contributed by atoms with Crippen molar-refractivity contribution in [2.45, 2.75) is 44.7 Å². The Labute approximate surface area is 168 Å². The first-order valence-electron chi connectivity index (χ1n) is 10.1. The smallest absolute Gasteiger partial charge is 0.418 e. The van der Waals surface area contributed by atoms with Crippen LogP contribution >= 0.6 is 0 Å². The molecule has 1 saturated carbocycles. The Morgan fingerprint density at radius 1 is 1.38 bits per heavy atom. The van der Waals surface area contributed by atoms with Gasteiger partial charge in [0.25, 0.3) is 0 Å². The van der Waals surface area contributed by atoms with E-state index in [2.05, 4.69) is 10.00 Å². The summed E-state index contributed by atoms with van der Waals surface area (Å²) < 4.78 is 41.5. The molecule has 1 heterocycles. The van der Waals surface area contributed by atoms with Gasteiger partial charge in [-0.15, -0.1) is 0 Å². The number of para-hydroxylation sites is 1. The lowest BCUT2D eigenvalue weighted by atomic mass is 9.73. The molecule has 0 bridgehead atoms. The number of benzene rings is 1. The van der Waals surface area contributed by atoms with Crippen molar-refractivity contribution in [3.63, 3.8) is 0 Å². The molecule has 5 nitrogen and oxygen atoms in total. The molecule has 0 amide bonds. The summed E-state index contributed by atoms with van der Waals surface area (Å²) in [5.74, 6) is -0.745. The lowest BCUT2D eigenvalue weighted by molar-refractivity contribution is -0.148. The summed E-state index contributed by atoms with van der Waals surface area (Å²) in [4.78, 5) is 13.3. The fourth-order valence-corrected chi connectivity index (χ4v) is 4.41. The maximum absolute atomic E-state index is 13.4. The molecule has 1 aliphatic carbocycles. The van der Waals surface area contributed by atoms with E-state index in [0.717, 1.165) is 44.8 Å². The molecule has 0 aliphatic heterocycles. The zero-order valence-corrected chi connectivity index (χ0v) is 17.0. The number of fused-ring (bicyclic) bond motifs is 1. The van der Waals surface area contributed by atoms with E-state index in [1.807, 2.05) is 14.0 Å². The van der Waals surface area contributed by atoms with Gasteiger partial charge in [0, 0.05) is 24.9 Å². The molecule has 8 heteroatoms. The number of aliphatic carboxylic acids is 1. The van der Waals surface area contributed by atoms with Crippen LogP contribution in [0.5, 0.6) is 0 Å². The van der Waals surface area contributed by atoms with Gasteiger partial charge < -0.3 is 10.0 Å². The number of carboxylic acids is 1. The fraction of sp³-hybridized carbons (Fsp3) is 0.619. The zero-order chi connectivity index (χ0) is 21.3. The van der Waals surface area contributed by atoms with Crippen molar-refractivity contribution in [3.05, 3.63) is 29.5 Å². The van der Waals surface area contributed by atoms with Crippen molar-refractivity contribution in [2.75, 3.05) is 20.1 Å². The minimum Gasteiger partial charge on any atom is -0.481 e. The number of aromatic nitrogens is 2. The first kappa shape index (κ1) is 21.6. The first-order valence-corrected chi connectivity index (χ1v) is 10.1. The molecule has 29 heavy (non-hydrogen) atoms. The van der Waals surface area contributed by atoms with Gasteiger partial charge in [0.05, 0.1) is 22.7 Å². The maximum Gasteiger partial charge on any atom is 0.418 e. The summed E-state index contributed by atoms with van der Waals surface area (Å²) >= 11 is 0. The second-order valence-electron chi connectivity index (χ2n) is 8.15. The van der Waals surface area contributed by atoms with Gasteiger partial charge in [-0.1, -0.05) is 19.1 Å². The quantitative estimate of drug-likeness (QED) is 0.694. The second-order valence-corrected chi connectivity index (χ2v) is 8.15. The van der Waals surface area contributed by atoms with Crippen LogP contribution in [-0.4, -0.2) is 45.9 Å². The molecule has 1 aliphatic rings. The molecule has 0 spiro atoms. The maximum atomic E-state index is 13.4. The van der Waals surface area contributed by atoms with Crippen molar-refractivity contribution >= 4 is 16.9 Å². The summed E-state index contributed by atoms with van der Waals surface area (Å²) in [5.41, 5.74) is 0.171. The second kappa shape index (κ2) is 8.34. The fourth-order valence-electron chi connectivity index (χ4n) is 4.41. The largest absolute Gasteiger partial charge is 0.481 e. The average Bonchev–Trinajstić information content (AvgIpc) is 2.95. The molecule has 1 fully saturated rings. The molecule has 2 aromatic rings. The number of hydrogen-bond acceptors (Lipinski definition) is 3. The third kappa shape index (κ3) is 4.42. The van der Waals surface area contributed by atoms with E-state index in [0.29, 0.717) is 11.1 Å². The predicted molar refractivity (Wildman–Crippen MR) is 105 cm³/mol. The van der Waals surface area contributed by atoms with Crippen LogP contribution < -0.4 is 0 Å². The molecule has 0 radical (unpaired) electrons. The summed E-state index contributed by atoms with van der Waals surface area (Å²) in [6.45, 7) is 3.50. The van der Waals surface area contributed by atoms with Crippen LogP contribution in [0.2, 0.25) is 0 Å². The number of aryl methyl sites for hydroxylation is 1. The first-order chi connectivity index (χ1) is 13.6. The average molecular weight is 411 g/mol. The molecule has 0 saturated heterocycles. The number of carbonyl (C=O) groups is 1. The Hall–Kier alpha value is -2.09. The van der Waals surface area contributed by atoms with E-state index in [1.165, 1.54) is 10.7 Å². The van der Waals surface area contributed by atoms with Crippen molar-refractivity contribution in [2.24, 2.45) is 18.9 Å². The van der Waals surface area contributed by atoms with Crippen molar-refractivity contribution in [1.29, 1.82) is 0 Å². The van der Waals surface area contributed by atoms with Gasteiger partial charge in [0.2, 0.25) is 0 Å². The number of rotatable bonds is 8. The van der Waals surface area contributed by atoms with Crippen LogP contribution in [0.3, 0.4) is 0 Å².